The molecule has 2 rings (SSSR count). The van der Waals surface area contributed by atoms with Crippen molar-refractivity contribution < 1.29 is 4.79 Å². The molecule has 0 aliphatic heterocycles. The number of carbonyl (C=O) groups excluding carboxylic acids is 1. The van der Waals surface area contributed by atoms with E-state index >= 15 is 0 Å². The number of hydrogen-bond donors (Lipinski definition) is 1. The number of rotatable bonds is 7. The van der Waals surface area contributed by atoms with E-state index in [1.807, 2.05) is 0 Å². The molecule has 0 fully saturated rings. The van der Waals surface area contributed by atoms with Gasteiger partial charge < -0.3 is 5.32 Å². The summed E-state index contributed by atoms with van der Waals surface area (Å²) in [6, 6.07) is 0. The fraction of sp³-hybridized carbons (Fsp3) is 0.647. The van der Waals surface area contributed by atoms with Gasteiger partial charge in [0.2, 0.25) is 5.91 Å². The molecular formula is C17H27N5OS. The van der Waals surface area contributed by atoms with Gasteiger partial charge in [0, 0.05) is 11.3 Å². The molecule has 2 heterocycles. The van der Waals surface area contributed by atoms with Crippen molar-refractivity contribution in [2.45, 2.75) is 65.7 Å². The fourth-order valence-electron chi connectivity index (χ4n) is 2.50. The van der Waals surface area contributed by atoms with E-state index in [0.717, 1.165) is 36.4 Å². The van der Waals surface area contributed by atoms with Crippen LogP contribution >= 0.6 is 11.3 Å². The highest BCUT2D eigenvalue weighted by atomic mass is 32.1. The van der Waals surface area contributed by atoms with Crippen LogP contribution in [0.3, 0.4) is 0 Å². The molecule has 0 spiro atoms. The molecule has 0 saturated heterocycles. The van der Waals surface area contributed by atoms with Crippen molar-refractivity contribution in [1.82, 2.24) is 19.7 Å². The van der Waals surface area contributed by atoms with E-state index in [1.54, 1.807) is 11.0 Å². The Morgan fingerprint density at radius 2 is 2.12 bits per heavy atom. The zero-order chi connectivity index (χ0) is 17.7. The Morgan fingerprint density at radius 3 is 2.67 bits per heavy atom. The van der Waals surface area contributed by atoms with Gasteiger partial charge in [-0.1, -0.05) is 58.8 Å². The Labute approximate surface area is 147 Å². The lowest BCUT2D eigenvalue weighted by molar-refractivity contribution is -0.120. The first kappa shape index (κ1) is 18.6. The number of carbonyl (C=O) groups is 1. The predicted molar refractivity (Wildman–Crippen MR) is 97.7 cm³/mol. The molecule has 1 unspecified atom stereocenters. The molecule has 24 heavy (non-hydrogen) atoms. The zero-order valence-corrected chi connectivity index (χ0v) is 16.0. The number of nitrogens with zero attached hydrogens (tertiary/aromatic N) is 4. The van der Waals surface area contributed by atoms with Crippen LogP contribution in [0.25, 0.3) is 5.00 Å². The Bertz CT molecular complexity index is 657. The predicted octanol–water partition coefficient (Wildman–Crippen LogP) is 4.18. The van der Waals surface area contributed by atoms with Crippen LogP contribution in [0.1, 0.15) is 66.0 Å². The fourth-order valence-corrected chi connectivity index (χ4v) is 3.61. The van der Waals surface area contributed by atoms with Crippen molar-refractivity contribution >= 4 is 22.4 Å². The van der Waals surface area contributed by atoms with Crippen molar-refractivity contribution in [2.75, 3.05) is 5.32 Å². The molecule has 0 bridgehead atoms. The number of amides is 1. The van der Waals surface area contributed by atoms with Crippen molar-refractivity contribution in [2.24, 2.45) is 5.92 Å². The van der Waals surface area contributed by atoms with Crippen LogP contribution in [0.2, 0.25) is 0 Å². The molecule has 0 radical (unpaired) electrons. The number of nitrogens with one attached hydrogen (secondary N) is 1. The number of anilines is 1. The van der Waals surface area contributed by atoms with E-state index in [-0.39, 0.29) is 17.2 Å². The second-order valence-electron chi connectivity index (χ2n) is 7.00. The summed E-state index contributed by atoms with van der Waals surface area (Å²) in [6.45, 7) is 10.5. The molecule has 2 aromatic heterocycles. The monoisotopic (exact) mass is 349 g/mol. The third-order valence-electron chi connectivity index (χ3n) is 3.95. The molecular weight excluding hydrogens is 322 g/mol. The Kier molecular flexibility index (Phi) is 6.10. The van der Waals surface area contributed by atoms with Gasteiger partial charge in [0.05, 0.1) is 5.69 Å². The van der Waals surface area contributed by atoms with Gasteiger partial charge in [0.1, 0.15) is 17.7 Å². The maximum atomic E-state index is 12.5. The summed E-state index contributed by atoms with van der Waals surface area (Å²) < 4.78 is 1.71. The number of aromatic nitrogens is 4. The SMILES string of the molecule is CCCCC(CC)C(=O)Nc1nc(C(C)(C)C)c(-n2cncn2)s1. The standard InChI is InChI=1S/C17H27N5OS/c1-6-8-9-12(7-2)14(23)21-16-20-13(17(3,4)5)15(24-16)22-11-18-10-19-22/h10-12H,6-9H2,1-5H3,(H,20,21,23). The van der Waals surface area contributed by atoms with E-state index in [2.05, 4.69) is 55.0 Å². The average Bonchev–Trinajstić information content (AvgIpc) is 3.16. The minimum atomic E-state index is -0.146. The lowest BCUT2D eigenvalue weighted by atomic mass is 9.92. The van der Waals surface area contributed by atoms with Crippen LogP contribution in [0.4, 0.5) is 5.13 Å². The third-order valence-corrected chi connectivity index (χ3v) is 4.91. The van der Waals surface area contributed by atoms with E-state index in [1.165, 1.54) is 17.7 Å². The Balaban J connectivity index is 2.24. The van der Waals surface area contributed by atoms with Crippen molar-refractivity contribution in [3.05, 3.63) is 18.3 Å². The second-order valence-corrected chi connectivity index (χ2v) is 7.98. The highest BCUT2D eigenvalue weighted by molar-refractivity contribution is 7.18. The van der Waals surface area contributed by atoms with Gasteiger partial charge >= 0.3 is 0 Å². The van der Waals surface area contributed by atoms with Crippen LogP contribution in [-0.4, -0.2) is 25.7 Å². The van der Waals surface area contributed by atoms with Crippen molar-refractivity contribution in [1.29, 1.82) is 0 Å². The van der Waals surface area contributed by atoms with Crippen LogP contribution in [0.15, 0.2) is 12.7 Å². The molecule has 2 aromatic rings. The lowest BCUT2D eigenvalue weighted by Gasteiger charge is -2.17. The normalized spacial score (nSPS) is 13.0. The maximum Gasteiger partial charge on any atom is 0.229 e. The molecule has 0 aliphatic rings. The molecule has 7 heteroatoms. The van der Waals surface area contributed by atoms with Gasteiger partial charge in [0.15, 0.2) is 5.13 Å². The van der Waals surface area contributed by atoms with E-state index in [9.17, 15) is 4.79 Å². The molecule has 132 valence electrons. The minimum Gasteiger partial charge on any atom is -0.302 e. The molecule has 1 amide bonds. The van der Waals surface area contributed by atoms with Crippen LogP contribution in [-0.2, 0) is 10.2 Å². The van der Waals surface area contributed by atoms with E-state index in [4.69, 9.17) is 0 Å². The van der Waals surface area contributed by atoms with Gasteiger partial charge in [-0.15, -0.1) is 0 Å². The average molecular weight is 350 g/mol. The first-order valence-corrected chi connectivity index (χ1v) is 9.35. The van der Waals surface area contributed by atoms with Crippen LogP contribution in [0, 0.1) is 5.92 Å². The van der Waals surface area contributed by atoms with E-state index < -0.39 is 0 Å². The van der Waals surface area contributed by atoms with Crippen LogP contribution < -0.4 is 5.32 Å². The van der Waals surface area contributed by atoms with Gasteiger partial charge in [-0.3, -0.25) is 4.79 Å². The highest BCUT2D eigenvalue weighted by Crippen LogP contribution is 2.34. The highest BCUT2D eigenvalue weighted by Gasteiger charge is 2.26. The first-order valence-electron chi connectivity index (χ1n) is 8.54. The van der Waals surface area contributed by atoms with Crippen molar-refractivity contribution in [3.8, 4) is 5.00 Å². The summed E-state index contributed by atoms with van der Waals surface area (Å²) in [7, 11) is 0. The molecule has 0 saturated carbocycles. The molecule has 1 N–H and O–H groups in total. The first-order chi connectivity index (χ1) is 11.4. The number of unbranched alkanes of at least 4 members (excludes halogenated alkanes) is 1. The summed E-state index contributed by atoms with van der Waals surface area (Å²) in [6.07, 6.45) is 7.10. The smallest absolute Gasteiger partial charge is 0.229 e. The minimum absolute atomic E-state index is 0.0433. The summed E-state index contributed by atoms with van der Waals surface area (Å²) in [4.78, 5) is 21.2. The second kappa shape index (κ2) is 7.88. The van der Waals surface area contributed by atoms with Gasteiger partial charge in [-0.2, -0.15) is 5.10 Å². The lowest BCUT2D eigenvalue weighted by Crippen LogP contribution is -2.22. The summed E-state index contributed by atoms with van der Waals surface area (Å²) in [5.41, 5.74) is 0.766. The summed E-state index contributed by atoms with van der Waals surface area (Å²) in [5.74, 6) is 0.104. The van der Waals surface area contributed by atoms with Gasteiger partial charge in [-0.25, -0.2) is 14.6 Å². The largest absolute Gasteiger partial charge is 0.302 e. The van der Waals surface area contributed by atoms with Crippen molar-refractivity contribution in [3.63, 3.8) is 0 Å². The Morgan fingerprint density at radius 1 is 1.38 bits per heavy atom. The maximum absolute atomic E-state index is 12.5. The summed E-state index contributed by atoms with van der Waals surface area (Å²) >= 11 is 1.44. The van der Waals surface area contributed by atoms with Gasteiger partial charge in [0.25, 0.3) is 0 Å². The van der Waals surface area contributed by atoms with E-state index in [0.29, 0.717) is 5.13 Å². The number of thiazole rings is 1. The number of hydrogen-bond acceptors (Lipinski definition) is 5. The molecule has 0 aliphatic carbocycles. The third kappa shape index (κ3) is 4.41. The molecule has 0 aromatic carbocycles. The van der Waals surface area contributed by atoms with Gasteiger partial charge in [-0.05, 0) is 12.8 Å². The Hall–Kier alpha value is -1.76. The molecule has 6 nitrogen and oxygen atoms in total. The van der Waals surface area contributed by atoms with Crippen LogP contribution in [0.5, 0.6) is 0 Å². The quantitative estimate of drug-likeness (QED) is 0.814. The zero-order valence-electron chi connectivity index (χ0n) is 15.2. The summed E-state index contributed by atoms with van der Waals surface area (Å²) in [5, 5.41) is 8.74. The molecule has 1 atom stereocenters. The topological polar surface area (TPSA) is 72.7 Å².